The first-order chi connectivity index (χ1) is 17.9. The number of ether oxygens (including phenoxy) is 1. The zero-order chi connectivity index (χ0) is 25.9. The van der Waals surface area contributed by atoms with Crippen molar-refractivity contribution >= 4 is 34.9 Å². The SMILES string of the molecule is CN1CCN(C=CC(=O)Nc2cncc(-c3cc(-c4cc(Cl)ccc4F)nc4c3OCCN4)c2)CC1=O. The molecule has 11 heteroatoms. The second-order valence-electron chi connectivity index (χ2n) is 8.69. The molecule has 0 radical (unpaired) electrons. The van der Waals surface area contributed by atoms with Gasteiger partial charge in [-0.2, -0.15) is 0 Å². The first-order valence-electron chi connectivity index (χ1n) is 11.7. The van der Waals surface area contributed by atoms with E-state index >= 15 is 0 Å². The molecule has 1 fully saturated rings. The molecule has 0 atom stereocenters. The number of hydrogen-bond acceptors (Lipinski definition) is 7. The summed E-state index contributed by atoms with van der Waals surface area (Å²) in [5.74, 6) is 0.191. The molecule has 3 aromatic rings. The number of pyridine rings is 2. The molecule has 190 valence electrons. The lowest BCUT2D eigenvalue weighted by Crippen LogP contribution is -2.46. The van der Waals surface area contributed by atoms with Gasteiger partial charge < -0.3 is 25.2 Å². The van der Waals surface area contributed by atoms with Crippen LogP contribution in [0.3, 0.4) is 0 Å². The number of piperazine rings is 1. The van der Waals surface area contributed by atoms with Crippen molar-refractivity contribution in [2.24, 2.45) is 0 Å². The highest BCUT2D eigenvalue weighted by Gasteiger charge is 2.22. The van der Waals surface area contributed by atoms with Crippen LogP contribution in [0.15, 0.2) is 55.0 Å². The van der Waals surface area contributed by atoms with Crippen LogP contribution in [0.5, 0.6) is 5.75 Å². The average Bonchev–Trinajstić information content (AvgIpc) is 2.90. The molecule has 5 rings (SSSR count). The van der Waals surface area contributed by atoms with Gasteiger partial charge >= 0.3 is 0 Å². The van der Waals surface area contributed by atoms with E-state index in [-0.39, 0.29) is 23.9 Å². The third-order valence-electron chi connectivity index (χ3n) is 6.06. The van der Waals surface area contributed by atoms with Gasteiger partial charge in [-0.3, -0.25) is 14.6 Å². The summed E-state index contributed by atoms with van der Waals surface area (Å²) < 4.78 is 20.5. The monoisotopic (exact) mass is 522 g/mol. The number of halogens is 2. The lowest BCUT2D eigenvalue weighted by molar-refractivity contribution is -0.133. The van der Waals surface area contributed by atoms with Crippen LogP contribution in [0, 0.1) is 5.82 Å². The number of nitrogens with zero attached hydrogens (tertiary/aromatic N) is 4. The van der Waals surface area contributed by atoms with Crippen molar-refractivity contribution in [2.45, 2.75) is 0 Å². The molecule has 0 aliphatic carbocycles. The third-order valence-corrected chi connectivity index (χ3v) is 6.29. The molecule has 2 aromatic heterocycles. The van der Waals surface area contributed by atoms with E-state index in [2.05, 4.69) is 20.6 Å². The fraction of sp³-hybridized carbons (Fsp3) is 0.231. The summed E-state index contributed by atoms with van der Waals surface area (Å²) in [7, 11) is 1.76. The van der Waals surface area contributed by atoms with Crippen molar-refractivity contribution in [3.05, 3.63) is 65.8 Å². The predicted molar refractivity (Wildman–Crippen MR) is 139 cm³/mol. The molecule has 0 unspecified atom stereocenters. The van der Waals surface area contributed by atoms with Gasteiger partial charge in [0.15, 0.2) is 11.6 Å². The fourth-order valence-electron chi connectivity index (χ4n) is 4.08. The Hall–Kier alpha value is -4.18. The first-order valence-corrected chi connectivity index (χ1v) is 12.0. The van der Waals surface area contributed by atoms with E-state index in [1.165, 1.54) is 30.5 Å². The smallest absolute Gasteiger partial charge is 0.249 e. The number of benzene rings is 1. The molecular weight excluding hydrogens is 499 g/mol. The zero-order valence-corrected chi connectivity index (χ0v) is 20.8. The highest BCUT2D eigenvalue weighted by Crippen LogP contribution is 2.41. The van der Waals surface area contributed by atoms with Crippen molar-refractivity contribution in [3.63, 3.8) is 0 Å². The van der Waals surface area contributed by atoms with E-state index in [1.807, 2.05) is 0 Å². The summed E-state index contributed by atoms with van der Waals surface area (Å²) in [6.07, 6.45) is 6.15. The number of hydrogen-bond donors (Lipinski definition) is 2. The minimum absolute atomic E-state index is 0.00243. The van der Waals surface area contributed by atoms with Crippen LogP contribution >= 0.6 is 11.6 Å². The number of carbonyl (C=O) groups excluding carboxylic acids is 2. The van der Waals surface area contributed by atoms with Gasteiger partial charge in [-0.1, -0.05) is 11.6 Å². The van der Waals surface area contributed by atoms with Crippen molar-refractivity contribution in [3.8, 4) is 28.1 Å². The van der Waals surface area contributed by atoms with Crippen LogP contribution in [-0.4, -0.2) is 71.4 Å². The fourth-order valence-corrected chi connectivity index (χ4v) is 4.26. The Bertz CT molecular complexity index is 1400. The standard InChI is InChI=1S/C26H24ClFN6O3/c1-33-7-8-34(15-24(33)36)6-4-23(35)31-18-10-16(13-29-14-18)19-12-22(20-11-17(27)2-3-21(20)28)32-26-25(19)37-9-5-30-26/h2-4,6,10-14H,5,7-9,15H2,1H3,(H,30,32)(H,31,35). The van der Waals surface area contributed by atoms with Crippen molar-refractivity contribution in [1.82, 2.24) is 19.8 Å². The molecule has 2 amide bonds. The van der Waals surface area contributed by atoms with Gasteiger partial charge in [0.2, 0.25) is 11.8 Å². The largest absolute Gasteiger partial charge is 0.487 e. The van der Waals surface area contributed by atoms with Gasteiger partial charge in [0.05, 0.1) is 30.7 Å². The Morgan fingerprint density at radius 2 is 2.08 bits per heavy atom. The molecule has 0 bridgehead atoms. The Morgan fingerprint density at radius 3 is 2.92 bits per heavy atom. The molecule has 0 spiro atoms. The number of carbonyl (C=O) groups is 2. The Kier molecular flexibility index (Phi) is 6.91. The van der Waals surface area contributed by atoms with Crippen LogP contribution in [0.25, 0.3) is 22.4 Å². The van der Waals surface area contributed by atoms with Gasteiger partial charge in [-0.25, -0.2) is 9.37 Å². The summed E-state index contributed by atoms with van der Waals surface area (Å²) in [5, 5.41) is 6.38. The van der Waals surface area contributed by atoms with E-state index in [9.17, 15) is 14.0 Å². The molecule has 2 aliphatic heterocycles. The predicted octanol–water partition coefficient (Wildman–Crippen LogP) is 3.63. The molecule has 4 heterocycles. The van der Waals surface area contributed by atoms with Crippen molar-refractivity contribution < 1.29 is 18.7 Å². The minimum atomic E-state index is -0.451. The Balaban J connectivity index is 1.41. The number of aromatic nitrogens is 2. The molecular formula is C26H24ClFN6O3. The van der Waals surface area contributed by atoms with Gasteiger partial charge in [0.1, 0.15) is 12.4 Å². The van der Waals surface area contributed by atoms with Crippen molar-refractivity contribution in [2.75, 3.05) is 50.5 Å². The van der Waals surface area contributed by atoms with E-state index in [0.717, 1.165) is 0 Å². The molecule has 9 nitrogen and oxygen atoms in total. The summed E-state index contributed by atoms with van der Waals surface area (Å²) in [6, 6.07) is 7.77. The summed E-state index contributed by atoms with van der Waals surface area (Å²) in [4.78, 5) is 36.7. The maximum atomic E-state index is 14.6. The van der Waals surface area contributed by atoms with Crippen LogP contribution in [-0.2, 0) is 9.59 Å². The highest BCUT2D eigenvalue weighted by atomic mass is 35.5. The molecule has 37 heavy (non-hydrogen) atoms. The molecule has 1 saturated heterocycles. The van der Waals surface area contributed by atoms with Crippen molar-refractivity contribution in [1.29, 1.82) is 0 Å². The Morgan fingerprint density at radius 1 is 1.22 bits per heavy atom. The lowest BCUT2D eigenvalue weighted by Gasteiger charge is -2.30. The average molecular weight is 523 g/mol. The first kappa shape index (κ1) is 24.5. The minimum Gasteiger partial charge on any atom is -0.487 e. The third kappa shape index (κ3) is 5.49. The van der Waals surface area contributed by atoms with Gasteiger partial charge in [-0.15, -0.1) is 0 Å². The van der Waals surface area contributed by atoms with Crippen LogP contribution < -0.4 is 15.4 Å². The highest BCUT2D eigenvalue weighted by molar-refractivity contribution is 6.30. The van der Waals surface area contributed by atoms with E-state index in [1.54, 1.807) is 41.4 Å². The van der Waals surface area contributed by atoms with Crippen LogP contribution in [0.2, 0.25) is 5.02 Å². The van der Waals surface area contributed by atoms with E-state index in [4.69, 9.17) is 16.3 Å². The second-order valence-corrected chi connectivity index (χ2v) is 9.12. The number of rotatable bonds is 5. The maximum Gasteiger partial charge on any atom is 0.249 e. The maximum absolute atomic E-state index is 14.6. The number of nitrogens with one attached hydrogen (secondary N) is 2. The molecule has 0 saturated carbocycles. The topological polar surface area (TPSA) is 99.7 Å². The number of likely N-dealkylation sites (N-methyl/N-ethyl adjacent to an activating group) is 1. The molecule has 2 aliphatic rings. The number of anilines is 2. The summed E-state index contributed by atoms with van der Waals surface area (Å²) in [5.41, 5.74) is 2.39. The number of amides is 2. The zero-order valence-electron chi connectivity index (χ0n) is 20.0. The van der Waals surface area contributed by atoms with Crippen LogP contribution in [0.1, 0.15) is 0 Å². The molecule has 2 N–H and O–H groups in total. The van der Waals surface area contributed by atoms with E-state index < -0.39 is 5.82 Å². The summed E-state index contributed by atoms with van der Waals surface area (Å²) >= 11 is 6.11. The number of fused-ring (bicyclic) bond motifs is 1. The van der Waals surface area contributed by atoms with Gasteiger partial charge in [0, 0.05) is 60.3 Å². The lowest BCUT2D eigenvalue weighted by atomic mass is 10.0. The normalized spacial score (nSPS) is 15.3. The Labute approximate surface area is 217 Å². The summed E-state index contributed by atoms with van der Waals surface area (Å²) in [6.45, 7) is 2.48. The van der Waals surface area contributed by atoms with Gasteiger partial charge in [-0.05, 0) is 30.3 Å². The van der Waals surface area contributed by atoms with Gasteiger partial charge in [0.25, 0.3) is 0 Å². The molecule has 1 aromatic carbocycles. The quantitative estimate of drug-likeness (QED) is 0.494. The van der Waals surface area contributed by atoms with E-state index in [0.29, 0.717) is 65.3 Å². The second kappa shape index (κ2) is 10.4. The van der Waals surface area contributed by atoms with Crippen LogP contribution in [0.4, 0.5) is 15.9 Å².